The van der Waals surface area contributed by atoms with Crippen LogP contribution in [-0.4, -0.2) is 58.2 Å². The fourth-order valence-electron chi connectivity index (χ4n) is 3.20. The lowest BCUT2D eigenvalue weighted by molar-refractivity contribution is 0.280. The van der Waals surface area contributed by atoms with Gasteiger partial charge in [-0.2, -0.15) is 0 Å². The van der Waals surface area contributed by atoms with Crippen molar-refractivity contribution in [2.75, 3.05) is 39.5 Å². The van der Waals surface area contributed by atoms with Gasteiger partial charge in [0.05, 0.1) is 19.4 Å². The molecule has 1 aliphatic heterocycles. The zero-order valence-electron chi connectivity index (χ0n) is 17.4. The van der Waals surface area contributed by atoms with Gasteiger partial charge in [-0.1, -0.05) is 6.07 Å². The predicted molar refractivity (Wildman–Crippen MR) is 125 cm³/mol. The van der Waals surface area contributed by atoms with E-state index in [1.165, 1.54) is 23.7 Å². The fraction of sp³-hybridized carbons (Fsp3) is 0.632. The number of benzene rings is 1. The third-order valence-electron chi connectivity index (χ3n) is 4.92. The molecule has 7 nitrogen and oxygen atoms in total. The van der Waals surface area contributed by atoms with Crippen LogP contribution >= 0.6 is 24.0 Å². The number of aliphatic imine (C=N–C) groups is 1. The third kappa shape index (κ3) is 7.89. The molecule has 2 rings (SSSR count). The van der Waals surface area contributed by atoms with Crippen molar-refractivity contribution in [3.8, 4) is 5.75 Å². The van der Waals surface area contributed by atoms with Gasteiger partial charge in [0.25, 0.3) is 0 Å². The molecule has 0 saturated carbocycles. The lowest BCUT2D eigenvalue weighted by Crippen LogP contribution is -2.40. The molecule has 29 heavy (non-hydrogen) atoms. The monoisotopic (exact) mass is 542 g/mol. The predicted octanol–water partition coefficient (Wildman–Crippen LogP) is 2.74. The second-order valence-corrected chi connectivity index (χ2v) is 9.07. The summed E-state index contributed by atoms with van der Waals surface area (Å²) in [6, 6.07) is 4.76. The van der Waals surface area contributed by atoms with Crippen LogP contribution in [0.1, 0.15) is 38.3 Å². The Bertz CT molecular complexity index is 784. The Morgan fingerprint density at radius 3 is 2.55 bits per heavy atom. The number of hydrogen-bond acceptors (Lipinski definition) is 4. The van der Waals surface area contributed by atoms with E-state index in [2.05, 4.69) is 15.6 Å². The second-order valence-electron chi connectivity index (χ2n) is 7.09. The van der Waals surface area contributed by atoms with Gasteiger partial charge in [-0.3, -0.25) is 4.99 Å². The summed E-state index contributed by atoms with van der Waals surface area (Å²) in [5, 5.41) is 6.50. The van der Waals surface area contributed by atoms with Gasteiger partial charge in [0.15, 0.2) is 17.5 Å². The normalized spacial score (nSPS) is 17.3. The van der Waals surface area contributed by atoms with Gasteiger partial charge in [-0.25, -0.2) is 17.1 Å². The van der Waals surface area contributed by atoms with Gasteiger partial charge in [-0.15, -0.1) is 24.0 Å². The highest BCUT2D eigenvalue weighted by Crippen LogP contribution is 2.22. The van der Waals surface area contributed by atoms with E-state index in [1.807, 2.05) is 19.9 Å². The Morgan fingerprint density at radius 2 is 2.03 bits per heavy atom. The average molecular weight is 542 g/mol. The fourth-order valence-corrected chi connectivity index (χ4v) is 4.08. The molecule has 2 N–H and O–H groups in total. The first-order valence-electron chi connectivity index (χ1n) is 9.58. The summed E-state index contributed by atoms with van der Waals surface area (Å²) in [5.74, 6) is 0.837. The second kappa shape index (κ2) is 11.9. The van der Waals surface area contributed by atoms with E-state index in [0.29, 0.717) is 38.1 Å². The number of hydrogen-bond donors (Lipinski definition) is 2. The number of piperidine rings is 1. The van der Waals surface area contributed by atoms with Crippen LogP contribution in [0.5, 0.6) is 5.75 Å². The molecule has 1 unspecified atom stereocenters. The van der Waals surface area contributed by atoms with Crippen LogP contribution in [0.2, 0.25) is 0 Å². The van der Waals surface area contributed by atoms with Crippen LogP contribution in [0.25, 0.3) is 0 Å². The zero-order chi connectivity index (χ0) is 20.7. The highest BCUT2D eigenvalue weighted by Gasteiger charge is 2.24. The minimum atomic E-state index is -3.11. The van der Waals surface area contributed by atoms with E-state index in [4.69, 9.17) is 4.74 Å². The highest BCUT2D eigenvalue weighted by molar-refractivity contribution is 14.0. The van der Waals surface area contributed by atoms with Crippen LogP contribution in [0.3, 0.4) is 0 Å². The molecule has 0 aliphatic carbocycles. The van der Waals surface area contributed by atoms with Gasteiger partial charge >= 0.3 is 0 Å². The summed E-state index contributed by atoms with van der Waals surface area (Å²) in [5.41, 5.74) is 0.797. The van der Waals surface area contributed by atoms with Crippen molar-refractivity contribution < 1.29 is 17.5 Å². The maximum Gasteiger partial charge on any atom is 0.211 e. The summed E-state index contributed by atoms with van der Waals surface area (Å²) in [6.45, 7) is 6.35. The van der Waals surface area contributed by atoms with E-state index < -0.39 is 15.8 Å². The molecular formula is C19H32FIN4O3S. The first-order chi connectivity index (χ1) is 13.2. The summed E-state index contributed by atoms with van der Waals surface area (Å²) in [6.07, 6.45) is 2.85. The number of guanidine groups is 1. The largest absolute Gasteiger partial charge is 0.494 e. The van der Waals surface area contributed by atoms with E-state index in [-0.39, 0.29) is 35.8 Å². The highest BCUT2D eigenvalue weighted by atomic mass is 127. The van der Waals surface area contributed by atoms with Gasteiger partial charge in [0.2, 0.25) is 10.0 Å². The van der Waals surface area contributed by atoms with Crippen LogP contribution in [0.15, 0.2) is 23.2 Å². The molecule has 1 atom stereocenters. The third-order valence-corrected chi connectivity index (χ3v) is 6.23. The smallest absolute Gasteiger partial charge is 0.211 e. The molecule has 0 amide bonds. The van der Waals surface area contributed by atoms with Crippen molar-refractivity contribution in [3.05, 3.63) is 29.6 Å². The van der Waals surface area contributed by atoms with Crippen molar-refractivity contribution in [2.24, 2.45) is 10.9 Å². The van der Waals surface area contributed by atoms with Crippen molar-refractivity contribution in [1.29, 1.82) is 0 Å². The Labute approximate surface area is 190 Å². The Morgan fingerprint density at radius 1 is 1.38 bits per heavy atom. The number of nitrogens with zero attached hydrogens (tertiary/aromatic N) is 2. The molecular weight excluding hydrogens is 510 g/mol. The van der Waals surface area contributed by atoms with Crippen molar-refractivity contribution in [1.82, 2.24) is 14.9 Å². The lowest BCUT2D eigenvalue weighted by Gasteiger charge is -2.29. The molecule has 1 aliphatic rings. The molecule has 1 heterocycles. The quantitative estimate of drug-likeness (QED) is 0.315. The number of rotatable bonds is 7. The van der Waals surface area contributed by atoms with Gasteiger partial charge in [0, 0.05) is 26.2 Å². The average Bonchev–Trinajstić information content (AvgIpc) is 2.65. The van der Waals surface area contributed by atoms with Crippen LogP contribution in [0.4, 0.5) is 4.39 Å². The Kier molecular flexibility index (Phi) is 10.6. The van der Waals surface area contributed by atoms with Crippen molar-refractivity contribution in [2.45, 2.75) is 32.7 Å². The van der Waals surface area contributed by atoms with Crippen molar-refractivity contribution in [3.63, 3.8) is 0 Å². The van der Waals surface area contributed by atoms with E-state index >= 15 is 0 Å². The lowest BCUT2D eigenvalue weighted by atomic mass is 9.98. The molecule has 1 aromatic rings. The molecule has 10 heteroatoms. The SMILES string of the molecule is CCNC(=NCC1CCN(S(C)(=O)=O)CC1)NC(C)c1ccc(OC)c(F)c1.I. The Hall–Kier alpha value is -1.14. The molecule has 1 fully saturated rings. The summed E-state index contributed by atoms with van der Waals surface area (Å²) < 4.78 is 43.7. The number of halogens is 2. The summed E-state index contributed by atoms with van der Waals surface area (Å²) in [4.78, 5) is 4.65. The number of sulfonamides is 1. The standard InChI is InChI=1S/C19H31FN4O3S.HI/c1-5-21-19(22-13-15-8-10-24(11-9-15)28(4,25)26)23-14(2)16-6-7-18(27-3)17(20)12-16;/h6-7,12,14-15H,5,8-11,13H2,1-4H3,(H2,21,22,23);1H. The summed E-state index contributed by atoms with van der Waals surface area (Å²) in [7, 11) is -1.67. The van der Waals surface area contributed by atoms with Crippen LogP contribution < -0.4 is 15.4 Å². The van der Waals surface area contributed by atoms with Gasteiger partial charge < -0.3 is 15.4 Å². The molecule has 0 spiro atoms. The zero-order valence-corrected chi connectivity index (χ0v) is 20.6. The Balaban J connectivity index is 0.00000420. The van der Waals surface area contributed by atoms with E-state index in [1.54, 1.807) is 6.07 Å². The topological polar surface area (TPSA) is 83.0 Å². The minimum Gasteiger partial charge on any atom is -0.494 e. The summed E-state index contributed by atoms with van der Waals surface area (Å²) >= 11 is 0. The minimum absolute atomic E-state index is 0. The van der Waals surface area contributed by atoms with Gasteiger partial charge in [0.1, 0.15) is 0 Å². The van der Waals surface area contributed by atoms with E-state index in [0.717, 1.165) is 18.4 Å². The first-order valence-corrected chi connectivity index (χ1v) is 11.4. The maximum atomic E-state index is 14.0. The number of nitrogens with one attached hydrogen (secondary N) is 2. The molecule has 166 valence electrons. The molecule has 1 aromatic carbocycles. The van der Waals surface area contributed by atoms with E-state index in [9.17, 15) is 12.8 Å². The molecule has 0 radical (unpaired) electrons. The molecule has 1 saturated heterocycles. The van der Waals surface area contributed by atoms with Crippen molar-refractivity contribution >= 4 is 40.0 Å². The maximum absolute atomic E-state index is 14.0. The van der Waals surface area contributed by atoms with Crippen LogP contribution in [-0.2, 0) is 10.0 Å². The number of ether oxygens (including phenoxy) is 1. The first kappa shape index (κ1) is 25.9. The van der Waals surface area contributed by atoms with Crippen LogP contribution in [0, 0.1) is 11.7 Å². The number of methoxy groups -OCH3 is 1. The molecule has 0 aromatic heterocycles. The molecule has 0 bridgehead atoms. The van der Waals surface area contributed by atoms with Gasteiger partial charge in [-0.05, 0) is 50.3 Å².